The topological polar surface area (TPSA) is 66.6 Å². The van der Waals surface area contributed by atoms with Crippen molar-refractivity contribution in [2.24, 2.45) is 11.7 Å². The maximum absolute atomic E-state index is 12.5. The van der Waals surface area contributed by atoms with Crippen molar-refractivity contribution in [3.05, 3.63) is 0 Å². The molecule has 2 amide bonds. The van der Waals surface area contributed by atoms with E-state index in [0.717, 1.165) is 39.1 Å². The Kier molecular flexibility index (Phi) is 4.88. The molecular formula is C15H29N4O2+. The highest BCUT2D eigenvalue weighted by Crippen LogP contribution is 2.22. The molecule has 6 heteroatoms. The maximum Gasteiger partial charge on any atom is 0.277 e. The third-order valence-electron chi connectivity index (χ3n) is 5.00. The Morgan fingerprint density at radius 1 is 1.24 bits per heavy atom. The third-order valence-corrected chi connectivity index (χ3v) is 5.00. The molecular weight excluding hydrogens is 268 g/mol. The van der Waals surface area contributed by atoms with Crippen LogP contribution in [0.15, 0.2) is 0 Å². The summed E-state index contributed by atoms with van der Waals surface area (Å²) in [7, 11) is 2.06. The van der Waals surface area contributed by atoms with Crippen molar-refractivity contribution in [1.29, 1.82) is 0 Å². The molecule has 2 aliphatic heterocycles. The lowest BCUT2D eigenvalue weighted by Crippen LogP contribution is -2.55. The van der Waals surface area contributed by atoms with Gasteiger partial charge in [0, 0.05) is 38.6 Å². The molecule has 0 aliphatic carbocycles. The number of hydrogen-bond donors (Lipinski definition) is 1. The molecule has 2 atom stereocenters. The van der Waals surface area contributed by atoms with Gasteiger partial charge in [-0.25, -0.2) is 0 Å². The van der Waals surface area contributed by atoms with E-state index in [1.807, 2.05) is 4.90 Å². The van der Waals surface area contributed by atoms with E-state index >= 15 is 0 Å². The number of nitrogens with two attached hydrogens (primary N) is 1. The number of hydrogen-bond acceptors (Lipinski definition) is 3. The standard InChI is InChI=1S/C15H28N4O2/c1-12(2)17-5-7-18(8-6-17)14(20)11-19(3)9-4-13(10-19)15(16)21/h12-13H,4-11H2,1-3H3,(H-,16,21)/p+1. The van der Waals surface area contributed by atoms with Crippen LogP contribution in [0.2, 0.25) is 0 Å². The largest absolute Gasteiger partial charge is 0.369 e. The van der Waals surface area contributed by atoms with E-state index < -0.39 is 0 Å². The highest BCUT2D eigenvalue weighted by Gasteiger charge is 2.40. The van der Waals surface area contributed by atoms with Crippen molar-refractivity contribution in [3.8, 4) is 0 Å². The average Bonchev–Trinajstić information content (AvgIpc) is 2.81. The van der Waals surface area contributed by atoms with Crippen molar-refractivity contribution >= 4 is 11.8 Å². The predicted octanol–water partition coefficient (Wildman–Crippen LogP) is -0.509. The molecule has 0 saturated carbocycles. The van der Waals surface area contributed by atoms with Crippen LogP contribution in [0.1, 0.15) is 20.3 Å². The Hall–Kier alpha value is -1.14. The smallest absolute Gasteiger partial charge is 0.277 e. The third kappa shape index (κ3) is 3.95. The fourth-order valence-corrected chi connectivity index (χ4v) is 3.47. The number of amides is 2. The van der Waals surface area contributed by atoms with E-state index in [0.29, 0.717) is 23.6 Å². The summed E-state index contributed by atoms with van der Waals surface area (Å²) in [6.45, 7) is 9.99. The Labute approximate surface area is 127 Å². The number of primary amides is 1. The summed E-state index contributed by atoms with van der Waals surface area (Å²) < 4.78 is 0.650. The van der Waals surface area contributed by atoms with E-state index in [-0.39, 0.29) is 17.7 Å². The van der Waals surface area contributed by atoms with E-state index in [1.54, 1.807) is 0 Å². The van der Waals surface area contributed by atoms with Gasteiger partial charge in [0.05, 0.1) is 26.1 Å². The quantitative estimate of drug-likeness (QED) is 0.711. The first-order valence-corrected chi connectivity index (χ1v) is 7.95. The van der Waals surface area contributed by atoms with Crippen molar-refractivity contribution in [1.82, 2.24) is 9.80 Å². The van der Waals surface area contributed by atoms with Crippen molar-refractivity contribution in [2.75, 3.05) is 52.9 Å². The number of rotatable bonds is 4. The van der Waals surface area contributed by atoms with E-state index in [2.05, 4.69) is 25.8 Å². The van der Waals surface area contributed by atoms with Gasteiger partial charge in [-0.1, -0.05) is 0 Å². The second-order valence-electron chi connectivity index (χ2n) is 7.08. The fourth-order valence-electron chi connectivity index (χ4n) is 3.47. The van der Waals surface area contributed by atoms with Crippen LogP contribution in [0, 0.1) is 5.92 Å². The molecule has 2 fully saturated rings. The number of carbonyl (C=O) groups excluding carboxylic acids is 2. The van der Waals surface area contributed by atoms with Gasteiger partial charge < -0.3 is 15.1 Å². The highest BCUT2D eigenvalue weighted by atomic mass is 16.2. The van der Waals surface area contributed by atoms with Gasteiger partial charge in [0.15, 0.2) is 6.54 Å². The van der Waals surface area contributed by atoms with E-state index in [9.17, 15) is 9.59 Å². The summed E-state index contributed by atoms with van der Waals surface area (Å²) in [5, 5.41) is 0. The van der Waals surface area contributed by atoms with E-state index in [1.165, 1.54) is 0 Å². The molecule has 2 aliphatic rings. The zero-order chi connectivity index (χ0) is 15.6. The van der Waals surface area contributed by atoms with Crippen molar-refractivity contribution in [2.45, 2.75) is 26.3 Å². The van der Waals surface area contributed by atoms with Crippen LogP contribution >= 0.6 is 0 Å². The summed E-state index contributed by atoms with van der Waals surface area (Å²) in [4.78, 5) is 28.2. The predicted molar refractivity (Wildman–Crippen MR) is 81.4 cm³/mol. The Morgan fingerprint density at radius 3 is 2.33 bits per heavy atom. The SMILES string of the molecule is CC(C)N1CCN(C(=O)C[N+]2(C)CCC(C(N)=O)C2)CC1. The molecule has 6 nitrogen and oxygen atoms in total. The number of nitrogens with zero attached hydrogens (tertiary/aromatic N) is 3. The van der Waals surface area contributed by atoms with Gasteiger partial charge in [-0.3, -0.25) is 14.5 Å². The minimum Gasteiger partial charge on any atom is -0.369 e. The van der Waals surface area contributed by atoms with E-state index in [4.69, 9.17) is 5.73 Å². The first-order valence-electron chi connectivity index (χ1n) is 7.95. The minimum absolute atomic E-state index is 0.0689. The Bertz CT molecular complexity index is 404. The van der Waals surface area contributed by atoms with Crippen LogP contribution in [0.4, 0.5) is 0 Å². The number of piperazine rings is 1. The molecule has 0 radical (unpaired) electrons. The van der Waals surface area contributed by atoms with Gasteiger partial charge in [-0.05, 0) is 13.8 Å². The number of likely N-dealkylation sites (N-methyl/N-ethyl adjacent to an activating group) is 1. The molecule has 0 aromatic rings. The van der Waals surface area contributed by atoms with Crippen molar-refractivity contribution < 1.29 is 14.1 Å². The van der Waals surface area contributed by atoms with Crippen LogP contribution in [0.25, 0.3) is 0 Å². The molecule has 2 heterocycles. The molecule has 2 saturated heterocycles. The zero-order valence-corrected chi connectivity index (χ0v) is 13.5. The van der Waals surface area contributed by atoms with Gasteiger partial charge in [0.2, 0.25) is 5.91 Å². The first kappa shape index (κ1) is 16.2. The van der Waals surface area contributed by atoms with Crippen LogP contribution < -0.4 is 5.73 Å². The summed E-state index contributed by atoms with van der Waals surface area (Å²) >= 11 is 0. The van der Waals surface area contributed by atoms with Gasteiger partial charge in [0.25, 0.3) is 5.91 Å². The molecule has 120 valence electrons. The van der Waals surface area contributed by atoms with Gasteiger partial charge in [0.1, 0.15) is 0 Å². The molecule has 21 heavy (non-hydrogen) atoms. The van der Waals surface area contributed by atoms with Crippen LogP contribution in [0.5, 0.6) is 0 Å². The summed E-state index contributed by atoms with van der Waals surface area (Å²) in [5.41, 5.74) is 5.39. The first-order chi connectivity index (χ1) is 9.81. The molecule has 0 bridgehead atoms. The maximum atomic E-state index is 12.5. The lowest BCUT2D eigenvalue weighted by molar-refractivity contribution is -0.891. The monoisotopic (exact) mass is 297 g/mol. The lowest BCUT2D eigenvalue weighted by atomic mass is 10.1. The second kappa shape index (κ2) is 6.32. The lowest BCUT2D eigenvalue weighted by Gasteiger charge is -2.38. The Morgan fingerprint density at radius 2 is 1.86 bits per heavy atom. The summed E-state index contributed by atoms with van der Waals surface area (Å²) in [5.74, 6) is -0.0820. The highest BCUT2D eigenvalue weighted by molar-refractivity contribution is 5.78. The second-order valence-corrected chi connectivity index (χ2v) is 7.08. The average molecular weight is 297 g/mol. The van der Waals surface area contributed by atoms with Crippen LogP contribution in [-0.4, -0.2) is 85.0 Å². The molecule has 2 unspecified atom stereocenters. The van der Waals surface area contributed by atoms with Gasteiger partial charge in [-0.2, -0.15) is 0 Å². The summed E-state index contributed by atoms with van der Waals surface area (Å²) in [6.07, 6.45) is 0.806. The molecule has 2 N–H and O–H groups in total. The molecule has 0 spiro atoms. The number of quaternary nitrogens is 1. The minimum atomic E-state index is -0.227. The number of carbonyl (C=O) groups is 2. The van der Waals surface area contributed by atoms with Gasteiger partial charge in [-0.15, -0.1) is 0 Å². The fraction of sp³-hybridized carbons (Fsp3) is 0.867. The number of likely N-dealkylation sites (tertiary alicyclic amines) is 1. The molecule has 0 aromatic heterocycles. The van der Waals surface area contributed by atoms with Crippen LogP contribution in [-0.2, 0) is 9.59 Å². The Balaban J connectivity index is 1.84. The summed E-state index contributed by atoms with van der Waals surface area (Å²) in [6, 6.07) is 0.543. The van der Waals surface area contributed by atoms with Gasteiger partial charge >= 0.3 is 0 Å². The molecule has 2 rings (SSSR count). The zero-order valence-electron chi connectivity index (χ0n) is 13.5. The van der Waals surface area contributed by atoms with Crippen LogP contribution in [0.3, 0.4) is 0 Å². The normalized spacial score (nSPS) is 30.9. The van der Waals surface area contributed by atoms with Crippen molar-refractivity contribution in [3.63, 3.8) is 0 Å². The molecule has 0 aromatic carbocycles.